The quantitative estimate of drug-likeness (QED) is 0.830. The fourth-order valence-corrected chi connectivity index (χ4v) is 4.01. The molecule has 0 saturated carbocycles. The van der Waals surface area contributed by atoms with Crippen LogP contribution in [0.3, 0.4) is 0 Å². The van der Waals surface area contributed by atoms with E-state index in [0.29, 0.717) is 31.1 Å². The number of benzene rings is 1. The number of amides is 1. The van der Waals surface area contributed by atoms with Crippen molar-refractivity contribution in [1.82, 2.24) is 9.88 Å². The highest BCUT2D eigenvalue weighted by Gasteiger charge is 2.45. The summed E-state index contributed by atoms with van der Waals surface area (Å²) in [5.74, 6) is 1.15. The van der Waals surface area contributed by atoms with E-state index in [2.05, 4.69) is 4.98 Å². The summed E-state index contributed by atoms with van der Waals surface area (Å²) in [6.45, 7) is 1.83. The first-order valence-electron chi connectivity index (χ1n) is 9.33. The number of ether oxygens (including phenoxy) is 3. The molecule has 2 aliphatic rings. The van der Waals surface area contributed by atoms with Crippen LogP contribution in [-0.4, -0.2) is 54.3 Å². The number of aromatic nitrogens is 1. The number of hydrogen-bond donors (Lipinski definition) is 0. The molecule has 0 unspecified atom stereocenters. The molecule has 3 heterocycles. The molecule has 0 radical (unpaired) electrons. The van der Waals surface area contributed by atoms with Crippen LogP contribution < -0.4 is 9.47 Å². The monoisotopic (exact) mass is 368 g/mol. The molecule has 2 saturated heterocycles. The smallest absolute Gasteiger partial charge is 0.259 e. The second-order valence-corrected chi connectivity index (χ2v) is 7.14. The van der Waals surface area contributed by atoms with Crippen molar-refractivity contribution in [3.8, 4) is 11.6 Å². The predicted molar refractivity (Wildman–Crippen MR) is 100 cm³/mol. The topological polar surface area (TPSA) is 60.9 Å². The highest BCUT2D eigenvalue weighted by molar-refractivity contribution is 5.96. The highest BCUT2D eigenvalue weighted by Crippen LogP contribution is 2.37. The van der Waals surface area contributed by atoms with Gasteiger partial charge in [-0.15, -0.1) is 0 Å². The third kappa shape index (κ3) is 3.76. The molecule has 0 aliphatic carbocycles. The lowest BCUT2D eigenvalue weighted by Gasteiger charge is -2.39. The molecule has 0 bridgehead atoms. The van der Waals surface area contributed by atoms with Gasteiger partial charge in [0.1, 0.15) is 17.4 Å². The molecular weight excluding hydrogens is 344 g/mol. The molecule has 1 aromatic heterocycles. The SMILES string of the molecule is COc1ncccc1C(=O)N1CCC[C@@]2(C[C@@H](Oc3ccccc3)CO2)C1. The van der Waals surface area contributed by atoms with Crippen molar-refractivity contribution < 1.29 is 19.0 Å². The second kappa shape index (κ2) is 7.56. The summed E-state index contributed by atoms with van der Waals surface area (Å²) in [6.07, 6.45) is 4.27. The van der Waals surface area contributed by atoms with E-state index in [4.69, 9.17) is 14.2 Å². The largest absolute Gasteiger partial charge is 0.488 e. The maximum Gasteiger partial charge on any atom is 0.259 e. The van der Waals surface area contributed by atoms with Gasteiger partial charge >= 0.3 is 0 Å². The fraction of sp³-hybridized carbons (Fsp3) is 0.429. The van der Waals surface area contributed by atoms with Gasteiger partial charge < -0.3 is 19.1 Å². The van der Waals surface area contributed by atoms with Gasteiger partial charge in [0.15, 0.2) is 0 Å². The maximum absolute atomic E-state index is 13.0. The van der Waals surface area contributed by atoms with Crippen molar-refractivity contribution in [3.63, 3.8) is 0 Å². The second-order valence-electron chi connectivity index (χ2n) is 7.14. The summed E-state index contributed by atoms with van der Waals surface area (Å²) in [7, 11) is 1.53. The number of carbonyl (C=O) groups is 1. The Morgan fingerprint density at radius 1 is 1.26 bits per heavy atom. The van der Waals surface area contributed by atoms with Crippen molar-refractivity contribution >= 4 is 5.91 Å². The Balaban J connectivity index is 1.44. The molecule has 2 aliphatic heterocycles. The minimum Gasteiger partial charge on any atom is -0.488 e. The minimum absolute atomic E-state index is 0.00961. The van der Waals surface area contributed by atoms with Gasteiger partial charge in [-0.05, 0) is 37.1 Å². The number of likely N-dealkylation sites (tertiary alicyclic amines) is 1. The normalized spacial score (nSPS) is 24.8. The van der Waals surface area contributed by atoms with Crippen LogP contribution in [0, 0.1) is 0 Å². The zero-order valence-corrected chi connectivity index (χ0v) is 15.5. The molecule has 1 amide bonds. The lowest BCUT2D eigenvalue weighted by Crippen LogP contribution is -2.50. The third-order valence-electron chi connectivity index (χ3n) is 5.24. The van der Waals surface area contributed by atoms with Gasteiger partial charge in [0.25, 0.3) is 5.91 Å². The minimum atomic E-state index is -0.331. The Morgan fingerprint density at radius 3 is 2.93 bits per heavy atom. The zero-order chi connectivity index (χ0) is 18.7. The highest BCUT2D eigenvalue weighted by atomic mass is 16.6. The zero-order valence-electron chi connectivity index (χ0n) is 15.5. The third-order valence-corrected chi connectivity index (χ3v) is 5.24. The number of piperidine rings is 1. The molecular formula is C21H24N2O4. The summed E-state index contributed by atoms with van der Waals surface area (Å²) in [6, 6.07) is 13.3. The lowest BCUT2D eigenvalue weighted by molar-refractivity contribution is -0.0454. The number of nitrogens with zero attached hydrogens (tertiary/aromatic N) is 2. The Hall–Kier alpha value is -2.60. The molecule has 6 nitrogen and oxygen atoms in total. The molecule has 4 rings (SSSR count). The Morgan fingerprint density at radius 2 is 2.11 bits per heavy atom. The van der Waals surface area contributed by atoms with Crippen molar-refractivity contribution in [2.24, 2.45) is 0 Å². The first-order valence-corrected chi connectivity index (χ1v) is 9.33. The van der Waals surface area contributed by atoms with Crippen LogP contribution in [0.15, 0.2) is 48.7 Å². The van der Waals surface area contributed by atoms with Crippen LogP contribution in [0.4, 0.5) is 0 Å². The van der Waals surface area contributed by atoms with E-state index in [1.165, 1.54) is 7.11 Å². The summed E-state index contributed by atoms with van der Waals surface area (Å²) in [4.78, 5) is 19.0. The first-order chi connectivity index (χ1) is 13.2. The van der Waals surface area contributed by atoms with Crippen LogP contribution in [0.5, 0.6) is 11.6 Å². The molecule has 2 fully saturated rings. The van der Waals surface area contributed by atoms with Crippen LogP contribution in [0.2, 0.25) is 0 Å². The number of rotatable bonds is 4. The lowest BCUT2D eigenvalue weighted by atomic mass is 9.89. The van der Waals surface area contributed by atoms with E-state index < -0.39 is 0 Å². The van der Waals surface area contributed by atoms with Crippen LogP contribution >= 0.6 is 0 Å². The van der Waals surface area contributed by atoms with Gasteiger partial charge in [-0.25, -0.2) is 4.98 Å². The van der Waals surface area contributed by atoms with Gasteiger partial charge in [0.05, 0.1) is 25.9 Å². The number of para-hydroxylation sites is 1. The average Bonchev–Trinajstić information content (AvgIpc) is 3.09. The summed E-state index contributed by atoms with van der Waals surface area (Å²) >= 11 is 0. The Bertz CT molecular complexity index is 798. The molecule has 6 heteroatoms. The van der Waals surface area contributed by atoms with Gasteiger partial charge in [-0.3, -0.25) is 4.79 Å². The summed E-state index contributed by atoms with van der Waals surface area (Å²) in [5.41, 5.74) is 0.162. The van der Waals surface area contributed by atoms with E-state index in [1.54, 1.807) is 18.3 Å². The molecule has 2 aromatic rings. The van der Waals surface area contributed by atoms with E-state index in [9.17, 15) is 4.79 Å². The van der Waals surface area contributed by atoms with E-state index in [1.807, 2.05) is 35.2 Å². The Kier molecular flexibility index (Phi) is 4.99. The molecule has 1 aromatic carbocycles. The molecule has 1 spiro atoms. The summed E-state index contributed by atoms with van der Waals surface area (Å²) in [5, 5.41) is 0. The van der Waals surface area contributed by atoms with Gasteiger partial charge in [-0.1, -0.05) is 18.2 Å². The van der Waals surface area contributed by atoms with Crippen molar-refractivity contribution in [1.29, 1.82) is 0 Å². The van der Waals surface area contributed by atoms with E-state index >= 15 is 0 Å². The van der Waals surface area contributed by atoms with Crippen molar-refractivity contribution in [2.75, 3.05) is 26.8 Å². The Labute approximate surface area is 159 Å². The van der Waals surface area contributed by atoms with Gasteiger partial charge in [0, 0.05) is 19.2 Å². The number of pyridine rings is 1. The molecule has 27 heavy (non-hydrogen) atoms. The first kappa shape index (κ1) is 17.8. The molecule has 2 atom stereocenters. The van der Waals surface area contributed by atoms with Crippen molar-refractivity contribution in [2.45, 2.75) is 31.0 Å². The fourth-order valence-electron chi connectivity index (χ4n) is 4.01. The van der Waals surface area contributed by atoms with Crippen LogP contribution in [-0.2, 0) is 4.74 Å². The van der Waals surface area contributed by atoms with Crippen molar-refractivity contribution in [3.05, 3.63) is 54.2 Å². The predicted octanol–water partition coefficient (Wildman–Crippen LogP) is 2.93. The van der Waals surface area contributed by atoms with Gasteiger partial charge in [0.2, 0.25) is 5.88 Å². The van der Waals surface area contributed by atoms with E-state index in [0.717, 1.165) is 25.0 Å². The van der Waals surface area contributed by atoms with Crippen LogP contribution in [0.25, 0.3) is 0 Å². The van der Waals surface area contributed by atoms with E-state index in [-0.39, 0.29) is 17.6 Å². The summed E-state index contributed by atoms with van der Waals surface area (Å²) < 4.78 is 17.5. The van der Waals surface area contributed by atoms with Gasteiger partial charge in [-0.2, -0.15) is 0 Å². The maximum atomic E-state index is 13.0. The molecule has 0 N–H and O–H groups in total. The number of carbonyl (C=O) groups excluding carboxylic acids is 1. The molecule has 142 valence electrons. The average molecular weight is 368 g/mol. The number of methoxy groups -OCH3 is 1. The number of hydrogen-bond acceptors (Lipinski definition) is 5. The standard InChI is InChI=1S/C21H24N2O4/c1-25-19-18(9-5-11-22-19)20(24)23-12-6-10-21(15-23)13-17(14-26-21)27-16-7-3-2-4-8-16/h2-5,7-9,11,17H,6,10,12-15H2,1H3/t17-,21-/m1/s1. The van der Waals surface area contributed by atoms with Crippen LogP contribution in [0.1, 0.15) is 29.6 Å².